The van der Waals surface area contributed by atoms with E-state index in [1.54, 1.807) is 0 Å². The van der Waals surface area contributed by atoms with Crippen LogP contribution >= 0.6 is 0 Å². The van der Waals surface area contributed by atoms with E-state index in [1.807, 2.05) is 0 Å². The van der Waals surface area contributed by atoms with Crippen molar-refractivity contribution < 1.29 is 9.90 Å². The van der Waals surface area contributed by atoms with Crippen LogP contribution in [0.4, 0.5) is 0 Å². The molecule has 20 heavy (non-hydrogen) atoms. The Labute approximate surface area is 121 Å². The van der Waals surface area contributed by atoms with Gasteiger partial charge in [-0.1, -0.05) is 12.8 Å². The van der Waals surface area contributed by atoms with Gasteiger partial charge in [0.05, 0.1) is 5.60 Å². The monoisotopic (exact) mass is 277 g/mol. The number of nitrogens with one attached hydrogen (secondary N) is 1. The van der Waals surface area contributed by atoms with E-state index in [0.717, 1.165) is 32.1 Å². The number of aliphatic hydroxyl groups is 1. The minimum atomic E-state index is -0.433. The summed E-state index contributed by atoms with van der Waals surface area (Å²) in [5.74, 6) is 1.61. The van der Waals surface area contributed by atoms with Gasteiger partial charge in [-0.2, -0.15) is 0 Å². The molecule has 5 aliphatic carbocycles. The van der Waals surface area contributed by atoms with Crippen LogP contribution in [0.25, 0.3) is 0 Å². The van der Waals surface area contributed by atoms with Crippen molar-refractivity contribution in [3.63, 3.8) is 0 Å². The summed E-state index contributed by atoms with van der Waals surface area (Å²) in [5, 5.41) is 14.0. The molecule has 0 saturated heterocycles. The van der Waals surface area contributed by atoms with Crippen LogP contribution in [0.2, 0.25) is 0 Å². The minimum Gasteiger partial charge on any atom is -0.390 e. The molecule has 1 amide bonds. The Balaban J connectivity index is 1.43. The number of amides is 1. The van der Waals surface area contributed by atoms with E-state index in [1.165, 1.54) is 32.1 Å². The Kier molecular flexibility index (Phi) is 2.93. The molecule has 0 radical (unpaired) electrons. The van der Waals surface area contributed by atoms with E-state index in [4.69, 9.17) is 0 Å². The number of carbonyl (C=O) groups is 1. The summed E-state index contributed by atoms with van der Waals surface area (Å²) in [6.07, 6.45) is 12.1. The Morgan fingerprint density at radius 1 is 1.10 bits per heavy atom. The van der Waals surface area contributed by atoms with E-state index in [-0.39, 0.29) is 11.3 Å². The average molecular weight is 277 g/mol. The van der Waals surface area contributed by atoms with Crippen LogP contribution in [0.15, 0.2) is 0 Å². The van der Waals surface area contributed by atoms with Crippen LogP contribution in [0.5, 0.6) is 0 Å². The number of hydrogen-bond donors (Lipinski definition) is 2. The summed E-state index contributed by atoms with van der Waals surface area (Å²) in [6, 6.07) is 0.430. The molecule has 5 saturated carbocycles. The van der Waals surface area contributed by atoms with Gasteiger partial charge in [-0.3, -0.25) is 4.79 Å². The normalized spacial score (nSPS) is 46.9. The lowest BCUT2D eigenvalue weighted by Gasteiger charge is -2.60. The number of rotatable bonds is 3. The lowest BCUT2D eigenvalue weighted by molar-refractivity contribution is -0.169. The fraction of sp³-hybridized carbons (Fsp3) is 0.941. The molecule has 112 valence electrons. The van der Waals surface area contributed by atoms with Gasteiger partial charge in [-0.15, -0.1) is 0 Å². The second kappa shape index (κ2) is 4.46. The lowest BCUT2D eigenvalue weighted by Crippen LogP contribution is -2.56. The zero-order valence-corrected chi connectivity index (χ0v) is 12.4. The van der Waals surface area contributed by atoms with E-state index >= 15 is 0 Å². The maximum Gasteiger partial charge on any atom is 0.220 e. The lowest BCUT2D eigenvalue weighted by atomic mass is 9.47. The second-order valence-corrected chi connectivity index (χ2v) is 8.41. The molecular formula is C17H27NO2. The van der Waals surface area contributed by atoms with Crippen LogP contribution in [0.1, 0.15) is 70.6 Å². The van der Waals surface area contributed by atoms with E-state index in [0.29, 0.717) is 24.3 Å². The molecule has 0 spiro atoms. The molecule has 2 unspecified atom stereocenters. The number of carbonyl (C=O) groups excluding carboxylic acids is 1. The minimum absolute atomic E-state index is 0.127. The first-order valence-electron chi connectivity index (χ1n) is 8.56. The van der Waals surface area contributed by atoms with Crippen LogP contribution in [-0.2, 0) is 4.79 Å². The topological polar surface area (TPSA) is 49.3 Å². The summed E-state index contributed by atoms with van der Waals surface area (Å²) in [6.45, 7) is 0. The molecule has 3 heteroatoms. The Hall–Kier alpha value is -0.570. The predicted molar refractivity (Wildman–Crippen MR) is 77.1 cm³/mol. The SMILES string of the molecule is O=C(CC12CC3CC(CC(O)(C3)C1)C2)NC1CCCC1. The zero-order chi connectivity index (χ0) is 13.8. The van der Waals surface area contributed by atoms with Crippen LogP contribution in [0.3, 0.4) is 0 Å². The molecule has 5 fully saturated rings. The Morgan fingerprint density at radius 3 is 2.35 bits per heavy atom. The molecule has 5 aliphatic rings. The average Bonchev–Trinajstić information content (AvgIpc) is 2.76. The molecule has 0 heterocycles. The second-order valence-electron chi connectivity index (χ2n) is 8.41. The smallest absolute Gasteiger partial charge is 0.220 e. The van der Waals surface area contributed by atoms with Crippen molar-refractivity contribution in [1.29, 1.82) is 0 Å². The van der Waals surface area contributed by atoms with Crippen molar-refractivity contribution in [2.24, 2.45) is 17.3 Å². The first-order valence-corrected chi connectivity index (χ1v) is 8.56. The molecule has 5 rings (SSSR count). The van der Waals surface area contributed by atoms with Crippen molar-refractivity contribution in [2.45, 2.75) is 82.3 Å². The molecule has 2 atom stereocenters. The van der Waals surface area contributed by atoms with Gasteiger partial charge in [0.15, 0.2) is 0 Å². The fourth-order valence-corrected chi connectivity index (χ4v) is 6.30. The van der Waals surface area contributed by atoms with Crippen molar-refractivity contribution in [3.8, 4) is 0 Å². The quantitative estimate of drug-likeness (QED) is 0.833. The maximum absolute atomic E-state index is 12.4. The van der Waals surface area contributed by atoms with E-state index in [2.05, 4.69) is 5.32 Å². The molecule has 3 nitrogen and oxygen atoms in total. The van der Waals surface area contributed by atoms with Gasteiger partial charge in [0.25, 0.3) is 0 Å². The highest BCUT2D eigenvalue weighted by atomic mass is 16.3. The third-order valence-electron chi connectivity index (χ3n) is 6.41. The first-order chi connectivity index (χ1) is 9.54. The Bertz CT molecular complexity index is 399. The molecule has 0 aromatic rings. The summed E-state index contributed by atoms with van der Waals surface area (Å²) in [4.78, 5) is 12.4. The highest BCUT2D eigenvalue weighted by Gasteiger charge is 2.57. The third kappa shape index (κ3) is 2.28. The van der Waals surface area contributed by atoms with Crippen molar-refractivity contribution >= 4 is 5.91 Å². The summed E-state index contributed by atoms with van der Waals surface area (Å²) in [5.41, 5.74) is -0.306. The van der Waals surface area contributed by atoms with Gasteiger partial charge in [-0.25, -0.2) is 0 Å². The largest absolute Gasteiger partial charge is 0.390 e. The van der Waals surface area contributed by atoms with Crippen molar-refractivity contribution in [2.75, 3.05) is 0 Å². The van der Waals surface area contributed by atoms with Crippen molar-refractivity contribution in [1.82, 2.24) is 5.32 Å². The van der Waals surface area contributed by atoms with E-state index in [9.17, 15) is 9.90 Å². The van der Waals surface area contributed by atoms with Crippen LogP contribution in [-0.4, -0.2) is 22.7 Å². The summed E-state index contributed by atoms with van der Waals surface area (Å²) >= 11 is 0. The molecule has 2 N–H and O–H groups in total. The first kappa shape index (κ1) is 13.1. The Morgan fingerprint density at radius 2 is 1.75 bits per heavy atom. The van der Waals surface area contributed by atoms with Crippen LogP contribution < -0.4 is 5.32 Å². The van der Waals surface area contributed by atoms with Crippen LogP contribution in [0, 0.1) is 17.3 Å². The van der Waals surface area contributed by atoms with Gasteiger partial charge in [0.2, 0.25) is 5.91 Å². The highest BCUT2D eigenvalue weighted by Crippen LogP contribution is 2.62. The maximum atomic E-state index is 12.4. The molecule has 0 aliphatic heterocycles. The third-order valence-corrected chi connectivity index (χ3v) is 6.41. The highest BCUT2D eigenvalue weighted by molar-refractivity contribution is 5.77. The fourth-order valence-electron chi connectivity index (χ4n) is 6.30. The van der Waals surface area contributed by atoms with Gasteiger partial charge in [0.1, 0.15) is 0 Å². The van der Waals surface area contributed by atoms with Gasteiger partial charge >= 0.3 is 0 Å². The van der Waals surface area contributed by atoms with Gasteiger partial charge in [0, 0.05) is 12.5 Å². The summed E-state index contributed by atoms with van der Waals surface area (Å²) in [7, 11) is 0. The molecule has 0 aromatic heterocycles. The molecular weight excluding hydrogens is 250 g/mol. The van der Waals surface area contributed by atoms with Gasteiger partial charge in [-0.05, 0) is 68.6 Å². The standard InChI is InChI=1S/C17H27NO2/c19-15(18-14-3-1-2-4-14)10-16-6-12-5-13(7-16)9-17(20,8-12)11-16/h12-14,20H,1-11H2,(H,18,19). The van der Waals surface area contributed by atoms with Gasteiger partial charge < -0.3 is 10.4 Å². The molecule has 0 aromatic carbocycles. The summed E-state index contributed by atoms with van der Waals surface area (Å²) < 4.78 is 0. The predicted octanol–water partition coefficient (Wildman–Crippen LogP) is 2.77. The number of hydrogen-bond acceptors (Lipinski definition) is 2. The zero-order valence-electron chi connectivity index (χ0n) is 12.4. The molecule has 4 bridgehead atoms. The van der Waals surface area contributed by atoms with Crippen molar-refractivity contribution in [3.05, 3.63) is 0 Å². The van der Waals surface area contributed by atoms with E-state index < -0.39 is 5.60 Å².